The maximum atomic E-state index is 10.9. The number of rotatable bonds is 3. The van der Waals surface area contributed by atoms with Crippen LogP contribution in [0.25, 0.3) is 10.9 Å². The first kappa shape index (κ1) is 13.5. The average molecular weight is 255 g/mol. The highest BCUT2D eigenvalue weighted by molar-refractivity contribution is 5.85. The summed E-state index contributed by atoms with van der Waals surface area (Å²) in [4.78, 5) is 14.0. The highest BCUT2D eigenvalue weighted by Gasteiger charge is 2.28. The lowest BCUT2D eigenvalue weighted by atomic mass is 9.94. The molecule has 0 aliphatic carbocycles. The molecule has 0 amide bonds. The summed E-state index contributed by atoms with van der Waals surface area (Å²) in [5, 5.41) is 10.0. The first-order valence-corrected chi connectivity index (χ1v) is 5.08. The lowest BCUT2D eigenvalue weighted by Gasteiger charge is -2.18. The number of nitrogens with two attached hydrogens (primary N) is 1. The number of benzene rings is 1. The van der Waals surface area contributed by atoms with Crippen LogP contribution in [0.2, 0.25) is 0 Å². The van der Waals surface area contributed by atoms with Crippen LogP contribution in [-0.4, -0.2) is 21.6 Å². The molecule has 0 saturated heterocycles. The van der Waals surface area contributed by atoms with Crippen molar-refractivity contribution in [3.05, 3.63) is 36.0 Å². The third kappa shape index (κ3) is 2.60. The Morgan fingerprint density at radius 3 is 2.76 bits per heavy atom. The van der Waals surface area contributed by atoms with Gasteiger partial charge in [-0.3, -0.25) is 4.79 Å². The summed E-state index contributed by atoms with van der Waals surface area (Å²) in [6.07, 6.45) is 2.13. The van der Waals surface area contributed by atoms with Crippen LogP contribution < -0.4 is 5.73 Å². The van der Waals surface area contributed by atoms with Gasteiger partial charge in [0.05, 0.1) is 0 Å². The number of carboxylic acids is 1. The predicted octanol–water partition coefficient (Wildman–Crippen LogP) is 1.93. The van der Waals surface area contributed by atoms with Crippen LogP contribution in [0.3, 0.4) is 0 Å². The van der Waals surface area contributed by atoms with Gasteiger partial charge in [-0.2, -0.15) is 0 Å². The molecule has 17 heavy (non-hydrogen) atoms. The van der Waals surface area contributed by atoms with Crippen molar-refractivity contribution in [1.29, 1.82) is 0 Å². The van der Waals surface area contributed by atoms with E-state index in [-0.39, 0.29) is 12.4 Å². The van der Waals surface area contributed by atoms with Gasteiger partial charge in [-0.25, -0.2) is 0 Å². The number of aliphatic carboxylic acids is 1. The second-order valence-electron chi connectivity index (χ2n) is 4.26. The number of hydrogen-bond acceptors (Lipinski definition) is 2. The summed E-state index contributed by atoms with van der Waals surface area (Å²) >= 11 is 0. The van der Waals surface area contributed by atoms with Gasteiger partial charge in [-0.15, -0.1) is 12.4 Å². The van der Waals surface area contributed by atoms with E-state index in [4.69, 9.17) is 10.8 Å². The third-order valence-electron chi connectivity index (χ3n) is 2.72. The topological polar surface area (TPSA) is 79.1 Å². The van der Waals surface area contributed by atoms with Gasteiger partial charge in [0.15, 0.2) is 0 Å². The van der Waals surface area contributed by atoms with Gasteiger partial charge in [-0.05, 0) is 18.6 Å². The zero-order valence-electron chi connectivity index (χ0n) is 9.43. The van der Waals surface area contributed by atoms with Gasteiger partial charge in [0.25, 0.3) is 0 Å². The summed E-state index contributed by atoms with van der Waals surface area (Å²) in [6.45, 7) is 1.52. The number of carboxylic acid groups (broad SMARTS) is 1. The Balaban J connectivity index is 0.00000144. The highest BCUT2D eigenvalue weighted by Crippen LogP contribution is 2.21. The van der Waals surface area contributed by atoms with Crippen LogP contribution in [-0.2, 0) is 11.2 Å². The van der Waals surface area contributed by atoms with Crippen LogP contribution in [0.5, 0.6) is 0 Å². The molecule has 4 nitrogen and oxygen atoms in total. The van der Waals surface area contributed by atoms with E-state index in [1.165, 1.54) is 6.92 Å². The molecule has 5 heteroatoms. The summed E-state index contributed by atoms with van der Waals surface area (Å²) in [6, 6.07) is 7.77. The summed E-state index contributed by atoms with van der Waals surface area (Å²) in [7, 11) is 0. The number of carbonyl (C=O) groups is 1. The number of aromatic amines is 1. The molecule has 0 fully saturated rings. The summed E-state index contributed by atoms with van der Waals surface area (Å²) < 4.78 is 0. The number of H-pyrrole nitrogens is 1. The van der Waals surface area contributed by atoms with Gasteiger partial charge >= 0.3 is 5.97 Å². The van der Waals surface area contributed by atoms with Crippen molar-refractivity contribution in [2.45, 2.75) is 18.9 Å². The Kier molecular flexibility index (Phi) is 3.80. The zero-order chi connectivity index (χ0) is 11.8. The molecule has 0 radical (unpaired) electrons. The minimum absolute atomic E-state index is 0. The Labute approximate surface area is 105 Å². The molecular formula is C12H15ClN2O2. The fourth-order valence-corrected chi connectivity index (χ4v) is 1.75. The van der Waals surface area contributed by atoms with E-state index in [9.17, 15) is 4.79 Å². The maximum Gasteiger partial charge on any atom is 0.323 e. The molecule has 1 aromatic heterocycles. The van der Waals surface area contributed by atoms with Gasteiger partial charge in [0.1, 0.15) is 5.54 Å². The molecule has 1 aromatic carbocycles. The first-order chi connectivity index (χ1) is 7.50. The van der Waals surface area contributed by atoms with Crippen LogP contribution in [0, 0.1) is 0 Å². The van der Waals surface area contributed by atoms with Gasteiger partial charge in [0.2, 0.25) is 0 Å². The van der Waals surface area contributed by atoms with E-state index in [0.29, 0.717) is 6.42 Å². The third-order valence-corrected chi connectivity index (χ3v) is 2.72. The Morgan fingerprint density at radius 1 is 1.47 bits per heavy atom. The highest BCUT2D eigenvalue weighted by atomic mass is 35.5. The van der Waals surface area contributed by atoms with Gasteiger partial charge in [-0.1, -0.05) is 18.2 Å². The molecule has 0 saturated carbocycles. The SMILES string of the molecule is C[C@@](N)(Cc1c[nH]c2ccccc12)C(=O)O.Cl. The Morgan fingerprint density at radius 2 is 2.12 bits per heavy atom. The minimum Gasteiger partial charge on any atom is -0.480 e. The number of aromatic nitrogens is 1. The molecule has 0 aliphatic rings. The molecular weight excluding hydrogens is 240 g/mol. The number of halogens is 1. The molecule has 92 valence electrons. The van der Waals surface area contributed by atoms with E-state index >= 15 is 0 Å². The minimum atomic E-state index is -1.23. The van der Waals surface area contributed by atoms with E-state index in [1.807, 2.05) is 30.5 Å². The van der Waals surface area contributed by atoms with Crippen LogP contribution in [0.15, 0.2) is 30.5 Å². The largest absolute Gasteiger partial charge is 0.480 e. The number of nitrogens with one attached hydrogen (secondary N) is 1. The molecule has 1 atom stereocenters. The summed E-state index contributed by atoms with van der Waals surface area (Å²) in [5.74, 6) is -0.988. The second-order valence-corrected chi connectivity index (χ2v) is 4.26. The average Bonchev–Trinajstić information content (AvgIpc) is 2.61. The molecule has 1 heterocycles. The molecule has 0 unspecified atom stereocenters. The Hall–Kier alpha value is -1.52. The van der Waals surface area contributed by atoms with Crippen LogP contribution in [0.1, 0.15) is 12.5 Å². The van der Waals surface area contributed by atoms with Crippen molar-refractivity contribution in [2.75, 3.05) is 0 Å². The number of fused-ring (bicyclic) bond motifs is 1. The van der Waals surface area contributed by atoms with Crippen molar-refractivity contribution in [2.24, 2.45) is 5.73 Å². The van der Waals surface area contributed by atoms with Crippen molar-refractivity contribution in [3.8, 4) is 0 Å². The van der Waals surface area contributed by atoms with Gasteiger partial charge < -0.3 is 15.8 Å². The molecule has 0 spiro atoms. The normalized spacial score (nSPS) is 14.0. The van der Waals surface area contributed by atoms with E-state index in [0.717, 1.165) is 16.5 Å². The van der Waals surface area contributed by atoms with E-state index in [1.54, 1.807) is 0 Å². The van der Waals surface area contributed by atoms with Gasteiger partial charge in [0, 0.05) is 23.5 Å². The quantitative estimate of drug-likeness (QED) is 0.783. The lowest BCUT2D eigenvalue weighted by Crippen LogP contribution is -2.46. The predicted molar refractivity (Wildman–Crippen MR) is 69.5 cm³/mol. The summed E-state index contributed by atoms with van der Waals surface area (Å²) in [5.41, 5.74) is 6.43. The monoisotopic (exact) mass is 254 g/mol. The molecule has 0 bridgehead atoms. The Bertz CT molecular complexity index is 534. The van der Waals surface area contributed by atoms with E-state index in [2.05, 4.69) is 4.98 Å². The first-order valence-electron chi connectivity index (χ1n) is 5.08. The molecule has 4 N–H and O–H groups in total. The maximum absolute atomic E-state index is 10.9. The van der Waals surface area contributed by atoms with Crippen LogP contribution in [0.4, 0.5) is 0 Å². The smallest absolute Gasteiger partial charge is 0.323 e. The fourth-order valence-electron chi connectivity index (χ4n) is 1.75. The molecule has 2 rings (SSSR count). The fraction of sp³-hybridized carbons (Fsp3) is 0.250. The molecule has 0 aliphatic heterocycles. The zero-order valence-corrected chi connectivity index (χ0v) is 10.3. The van der Waals surface area contributed by atoms with Crippen molar-refractivity contribution < 1.29 is 9.90 Å². The molecule has 2 aromatic rings. The second kappa shape index (κ2) is 4.77. The van der Waals surface area contributed by atoms with Crippen molar-refractivity contribution >= 4 is 29.3 Å². The number of para-hydroxylation sites is 1. The van der Waals surface area contributed by atoms with Crippen molar-refractivity contribution in [1.82, 2.24) is 4.98 Å². The van der Waals surface area contributed by atoms with Crippen molar-refractivity contribution in [3.63, 3.8) is 0 Å². The number of hydrogen-bond donors (Lipinski definition) is 3. The lowest BCUT2D eigenvalue weighted by molar-refractivity contribution is -0.142. The standard InChI is InChI=1S/C12H14N2O2.ClH/c1-12(13,11(15)16)6-8-7-14-10-5-3-2-4-9(8)10;/h2-5,7,14H,6,13H2,1H3,(H,15,16);1H/t12-;/m1./s1. The van der Waals surface area contributed by atoms with Crippen LogP contribution >= 0.6 is 12.4 Å². The van der Waals surface area contributed by atoms with E-state index < -0.39 is 11.5 Å².